The second kappa shape index (κ2) is 10.3. The summed E-state index contributed by atoms with van der Waals surface area (Å²) in [4.78, 5) is 14.2. The van der Waals surface area contributed by atoms with Gasteiger partial charge in [-0.25, -0.2) is 0 Å². The second-order valence-electron chi connectivity index (χ2n) is 6.26. The molecule has 25 heavy (non-hydrogen) atoms. The monoisotopic (exact) mass is 350 g/mol. The van der Waals surface area contributed by atoms with Crippen molar-refractivity contribution in [2.45, 2.75) is 38.6 Å². The summed E-state index contributed by atoms with van der Waals surface area (Å²) in [6.45, 7) is 5.84. The van der Waals surface area contributed by atoms with Crippen LogP contribution in [-0.2, 0) is 16.0 Å². The molecule has 1 heterocycles. The molecule has 1 atom stereocenters. The van der Waals surface area contributed by atoms with Gasteiger partial charge in [0.2, 0.25) is 0 Å². The van der Waals surface area contributed by atoms with Crippen LogP contribution in [0.1, 0.15) is 31.7 Å². The number of nitrogens with zero attached hydrogens (tertiary/aromatic N) is 1. The number of rotatable bonds is 9. The average molecular weight is 350 g/mol. The van der Waals surface area contributed by atoms with Gasteiger partial charge in [-0.05, 0) is 38.9 Å². The van der Waals surface area contributed by atoms with E-state index in [2.05, 4.69) is 4.90 Å². The third-order valence-electron chi connectivity index (χ3n) is 4.41. The molecule has 2 N–H and O–H groups in total. The minimum atomic E-state index is -0.712. The number of hydrogen-bond acceptors (Lipinski definition) is 6. The van der Waals surface area contributed by atoms with Crippen molar-refractivity contribution < 1.29 is 19.0 Å². The Labute approximate surface area is 150 Å². The van der Waals surface area contributed by atoms with Gasteiger partial charge in [-0.3, -0.25) is 9.69 Å². The molecule has 1 aromatic carbocycles. The van der Waals surface area contributed by atoms with Crippen LogP contribution in [0.25, 0.3) is 0 Å². The Morgan fingerprint density at radius 2 is 2.04 bits per heavy atom. The summed E-state index contributed by atoms with van der Waals surface area (Å²) < 4.78 is 16.4. The van der Waals surface area contributed by atoms with E-state index in [4.69, 9.17) is 19.9 Å². The molecule has 0 bridgehead atoms. The van der Waals surface area contributed by atoms with Gasteiger partial charge in [-0.1, -0.05) is 18.6 Å². The highest BCUT2D eigenvalue weighted by Gasteiger charge is 2.20. The van der Waals surface area contributed by atoms with Crippen LogP contribution in [0.4, 0.5) is 0 Å². The van der Waals surface area contributed by atoms with E-state index in [0.29, 0.717) is 31.1 Å². The van der Waals surface area contributed by atoms with Crippen molar-refractivity contribution in [2.75, 3.05) is 40.0 Å². The van der Waals surface area contributed by atoms with Gasteiger partial charge >= 0.3 is 5.97 Å². The number of benzene rings is 1. The Morgan fingerprint density at radius 3 is 2.72 bits per heavy atom. The molecule has 1 saturated heterocycles. The minimum absolute atomic E-state index is 0.323. The quantitative estimate of drug-likeness (QED) is 0.687. The van der Waals surface area contributed by atoms with E-state index in [1.54, 1.807) is 14.0 Å². The molecule has 0 amide bonds. The second-order valence-corrected chi connectivity index (χ2v) is 6.26. The Bertz CT molecular complexity index is 544. The van der Waals surface area contributed by atoms with E-state index in [0.717, 1.165) is 25.2 Å². The molecule has 1 aliphatic heterocycles. The van der Waals surface area contributed by atoms with Crippen molar-refractivity contribution >= 4 is 5.97 Å². The van der Waals surface area contributed by atoms with Crippen molar-refractivity contribution in [3.05, 3.63) is 23.8 Å². The summed E-state index contributed by atoms with van der Waals surface area (Å²) >= 11 is 0. The highest BCUT2D eigenvalue weighted by atomic mass is 16.5. The molecule has 1 aromatic rings. The number of carbonyl (C=O) groups is 1. The average Bonchev–Trinajstić information content (AvgIpc) is 2.63. The van der Waals surface area contributed by atoms with E-state index in [1.807, 2.05) is 18.2 Å². The summed E-state index contributed by atoms with van der Waals surface area (Å²) in [5.74, 6) is 0.929. The molecule has 1 unspecified atom stereocenters. The maximum atomic E-state index is 11.8. The molecule has 2 rings (SSSR count). The van der Waals surface area contributed by atoms with Crippen molar-refractivity contribution in [1.29, 1.82) is 0 Å². The van der Waals surface area contributed by atoms with E-state index >= 15 is 0 Å². The molecule has 1 aliphatic rings. The first kappa shape index (κ1) is 19.5. The molecule has 0 spiro atoms. The minimum Gasteiger partial charge on any atom is -0.493 e. The third-order valence-corrected chi connectivity index (χ3v) is 4.41. The van der Waals surface area contributed by atoms with Crippen LogP contribution in [0.2, 0.25) is 0 Å². The number of ether oxygens (including phenoxy) is 3. The summed E-state index contributed by atoms with van der Waals surface area (Å²) in [5.41, 5.74) is 6.82. The lowest BCUT2D eigenvalue weighted by atomic mass is 10.0. The van der Waals surface area contributed by atoms with Crippen molar-refractivity contribution in [3.63, 3.8) is 0 Å². The molecule has 0 aromatic heterocycles. The highest BCUT2D eigenvalue weighted by molar-refractivity contribution is 5.76. The molecular weight excluding hydrogens is 320 g/mol. The van der Waals surface area contributed by atoms with Crippen molar-refractivity contribution in [1.82, 2.24) is 4.90 Å². The fourth-order valence-electron chi connectivity index (χ4n) is 3.08. The number of likely N-dealkylation sites (tertiary alicyclic amines) is 1. The number of carbonyl (C=O) groups excluding carboxylic acids is 1. The van der Waals surface area contributed by atoms with Crippen LogP contribution in [0.5, 0.6) is 11.5 Å². The number of esters is 1. The van der Waals surface area contributed by atoms with E-state index in [1.165, 1.54) is 19.3 Å². The highest BCUT2D eigenvalue weighted by Crippen LogP contribution is 2.32. The largest absolute Gasteiger partial charge is 0.493 e. The zero-order chi connectivity index (χ0) is 18.1. The lowest BCUT2D eigenvalue weighted by Gasteiger charge is -2.26. The smallest absolute Gasteiger partial charge is 0.323 e. The van der Waals surface area contributed by atoms with Gasteiger partial charge < -0.3 is 19.9 Å². The van der Waals surface area contributed by atoms with Crippen LogP contribution in [0, 0.1) is 0 Å². The number of hydrogen-bond donors (Lipinski definition) is 1. The lowest BCUT2D eigenvalue weighted by Crippen LogP contribution is -2.35. The van der Waals surface area contributed by atoms with E-state index < -0.39 is 12.0 Å². The van der Waals surface area contributed by atoms with Gasteiger partial charge in [-0.15, -0.1) is 0 Å². The number of para-hydroxylation sites is 1. The van der Waals surface area contributed by atoms with Gasteiger partial charge in [0.25, 0.3) is 0 Å². The third kappa shape index (κ3) is 5.90. The van der Waals surface area contributed by atoms with Crippen LogP contribution in [0.15, 0.2) is 18.2 Å². The van der Waals surface area contributed by atoms with E-state index in [-0.39, 0.29) is 0 Å². The summed E-state index contributed by atoms with van der Waals surface area (Å²) in [7, 11) is 1.61. The summed E-state index contributed by atoms with van der Waals surface area (Å²) in [6, 6.07) is 4.94. The summed E-state index contributed by atoms with van der Waals surface area (Å²) in [5, 5.41) is 0. The normalized spacial score (nSPS) is 16.3. The van der Waals surface area contributed by atoms with Gasteiger partial charge in [0.1, 0.15) is 12.6 Å². The van der Waals surface area contributed by atoms with Crippen molar-refractivity contribution in [3.8, 4) is 11.5 Å². The van der Waals surface area contributed by atoms with Gasteiger partial charge in [0, 0.05) is 18.5 Å². The molecule has 6 heteroatoms. The van der Waals surface area contributed by atoms with Crippen molar-refractivity contribution in [2.24, 2.45) is 5.73 Å². The van der Waals surface area contributed by atoms with Gasteiger partial charge in [-0.2, -0.15) is 0 Å². The van der Waals surface area contributed by atoms with Gasteiger partial charge in [0.05, 0.1) is 13.7 Å². The topological polar surface area (TPSA) is 74.0 Å². The lowest BCUT2D eigenvalue weighted by molar-refractivity contribution is -0.144. The van der Waals surface area contributed by atoms with Crippen LogP contribution < -0.4 is 15.2 Å². The zero-order valence-corrected chi connectivity index (χ0v) is 15.3. The number of nitrogens with two attached hydrogens (primary N) is 1. The number of methoxy groups -OCH3 is 1. The molecule has 1 fully saturated rings. The molecule has 140 valence electrons. The first-order chi connectivity index (χ1) is 12.2. The molecule has 6 nitrogen and oxygen atoms in total. The first-order valence-electron chi connectivity index (χ1n) is 9.09. The fourth-order valence-corrected chi connectivity index (χ4v) is 3.08. The molecule has 0 saturated carbocycles. The van der Waals surface area contributed by atoms with E-state index in [9.17, 15) is 4.79 Å². The Balaban J connectivity index is 2.00. The predicted molar refractivity (Wildman–Crippen MR) is 97.1 cm³/mol. The SMILES string of the molecule is CCOC(=O)C(N)Cc1cccc(OC)c1OCCN1CCCCC1. The maximum Gasteiger partial charge on any atom is 0.323 e. The Kier molecular flexibility index (Phi) is 8.01. The van der Waals surface area contributed by atoms with Gasteiger partial charge in [0.15, 0.2) is 11.5 Å². The molecule has 0 aliphatic carbocycles. The molecule has 0 radical (unpaired) electrons. The first-order valence-corrected chi connectivity index (χ1v) is 9.09. The Morgan fingerprint density at radius 1 is 1.28 bits per heavy atom. The standard InChI is InChI=1S/C19H30N2O4/c1-3-24-19(22)16(20)14-15-8-7-9-17(23-2)18(15)25-13-12-21-10-5-4-6-11-21/h7-9,16H,3-6,10-14,20H2,1-2H3. The van der Waals surface area contributed by atoms with Crippen LogP contribution in [-0.4, -0.2) is 56.9 Å². The maximum absolute atomic E-state index is 11.8. The summed E-state index contributed by atoms with van der Waals surface area (Å²) in [6.07, 6.45) is 4.19. The number of piperidine rings is 1. The Hall–Kier alpha value is -1.79. The van der Waals surface area contributed by atoms with Crippen LogP contribution in [0.3, 0.4) is 0 Å². The predicted octanol–water partition coefficient (Wildman–Crippen LogP) is 1.99. The van der Waals surface area contributed by atoms with Crippen LogP contribution >= 0.6 is 0 Å². The fraction of sp³-hybridized carbons (Fsp3) is 0.632. The zero-order valence-electron chi connectivity index (χ0n) is 15.3. The molecular formula is C19H30N2O4.